The highest BCUT2D eigenvalue weighted by Gasteiger charge is 2.30. The van der Waals surface area contributed by atoms with Gasteiger partial charge >= 0.3 is 0 Å². The van der Waals surface area contributed by atoms with Crippen molar-refractivity contribution >= 4 is 10.8 Å². The van der Waals surface area contributed by atoms with Gasteiger partial charge in [0.25, 0.3) is 0 Å². The molecule has 0 aliphatic rings. The molecule has 2 heteroatoms. The van der Waals surface area contributed by atoms with Gasteiger partial charge in [0.05, 0.1) is 0 Å². The van der Waals surface area contributed by atoms with Crippen LogP contribution in [-0.2, 0) is 10.8 Å². The van der Waals surface area contributed by atoms with E-state index in [4.69, 9.17) is 0 Å². The van der Waals surface area contributed by atoms with Gasteiger partial charge in [-0.25, -0.2) is 0 Å². The molecule has 0 rings (SSSR count). The van der Waals surface area contributed by atoms with Gasteiger partial charge < -0.3 is 0 Å². The van der Waals surface area contributed by atoms with Crippen molar-refractivity contribution in [2.45, 2.75) is 58.5 Å². The summed E-state index contributed by atoms with van der Waals surface area (Å²) in [6, 6.07) is 0. The molecule has 0 radical (unpaired) electrons. The van der Waals surface area contributed by atoms with E-state index in [0.717, 1.165) is 0 Å². The first-order valence-corrected chi connectivity index (χ1v) is 4.72. The normalized spacial score (nSPS) is 13.0. The third-order valence-corrected chi connectivity index (χ3v) is 3.34. The van der Waals surface area contributed by atoms with Crippen molar-refractivity contribution in [2.75, 3.05) is 0 Å². The van der Waals surface area contributed by atoms with E-state index in [-0.39, 0.29) is 16.9 Å². The molecule has 0 aromatic rings. The molecule has 0 aliphatic heterocycles. The first-order valence-electron chi connectivity index (χ1n) is 3.57. The fourth-order valence-electron chi connectivity index (χ4n) is 0.919. The minimum atomic E-state index is -0.755. The topological polar surface area (TPSA) is 17.1 Å². The van der Waals surface area contributed by atoms with Crippen LogP contribution in [0.4, 0.5) is 0 Å². The predicted molar refractivity (Wildman–Crippen MR) is 54.4 cm³/mol. The Morgan fingerprint density at radius 2 is 1.00 bits per heavy atom. The largest absolute Gasteiger partial charge is 0.258 e. The molecule has 0 saturated heterocycles. The Labute approximate surface area is 74.0 Å². The van der Waals surface area contributed by atoms with Gasteiger partial charge in [-0.2, -0.15) is 0 Å². The fourth-order valence-corrected chi connectivity index (χ4v) is 2.76. The van der Waals surface area contributed by atoms with Crippen molar-refractivity contribution in [3.8, 4) is 0 Å². The molecule has 0 aromatic heterocycles. The van der Waals surface area contributed by atoms with Gasteiger partial charge in [0.1, 0.15) is 0 Å². The maximum absolute atomic E-state index is 11.6. The van der Waals surface area contributed by atoms with Crippen molar-refractivity contribution in [1.29, 1.82) is 0 Å². The molecule has 70 valence electrons. The molecule has 0 heterocycles. The number of hydrogen-bond donors (Lipinski definition) is 0. The Morgan fingerprint density at radius 1 is 0.818 bits per heavy atom. The van der Waals surface area contributed by atoms with Crippen molar-refractivity contribution in [3.05, 3.63) is 0 Å². The summed E-state index contributed by atoms with van der Waals surface area (Å²) in [7, 11) is -0.755. The van der Waals surface area contributed by atoms with E-state index in [2.05, 4.69) is 0 Å². The van der Waals surface area contributed by atoms with E-state index >= 15 is 0 Å². The van der Waals surface area contributed by atoms with Crippen LogP contribution in [0.3, 0.4) is 0 Å². The first kappa shape index (κ1) is 13.7. The Kier molecular flexibility index (Phi) is 4.62. The van der Waals surface area contributed by atoms with Crippen molar-refractivity contribution in [3.63, 3.8) is 0 Å². The van der Waals surface area contributed by atoms with Crippen LogP contribution < -0.4 is 0 Å². The second-order valence-corrected chi connectivity index (χ2v) is 7.48. The van der Waals surface area contributed by atoms with Crippen LogP contribution in [0, 0.1) is 0 Å². The van der Waals surface area contributed by atoms with Gasteiger partial charge in [0.2, 0.25) is 0 Å². The van der Waals surface area contributed by atoms with E-state index in [1.165, 1.54) is 0 Å². The second-order valence-electron chi connectivity index (χ2n) is 4.49. The lowest BCUT2D eigenvalue weighted by Gasteiger charge is -2.28. The van der Waals surface area contributed by atoms with E-state index in [9.17, 15) is 4.21 Å². The highest BCUT2D eigenvalue weighted by atomic mass is 32.2. The molecular formula is C9H22OS. The lowest BCUT2D eigenvalue weighted by Crippen LogP contribution is -2.35. The minimum absolute atomic E-state index is 0. The zero-order valence-corrected chi connectivity index (χ0v) is 8.63. The van der Waals surface area contributed by atoms with Gasteiger partial charge in [0, 0.05) is 20.3 Å². The molecule has 1 nitrogen and oxygen atoms in total. The van der Waals surface area contributed by atoms with Gasteiger partial charge in [-0.1, -0.05) is 7.43 Å². The van der Waals surface area contributed by atoms with Crippen LogP contribution in [0.2, 0.25) is 0 Å². The lowest BCUT2D eigenvalue weighted by atomic mass is 10.2. The fraction of sp³-hybridized carbons (Fsp3) is 1.00. The summed E-state index contributed by atoms with van der Waals surface area (Å²) in [5.74, 6) is 0. The van der Waals surface area contributed by atoms with Crippen molar-refractivity contribution in [1.82, 2.24) is 0 Å². The van der Waals surface area contributed by atoms with E-state index < -0.39 is 10.8 Å². The number of hydrogen-bond acceptors (Lipinski definition) is 1. The van der Waals surface area contributed by atoms with E-state index in [1.807, 2.05) is 41.5 Å². The van der Waals surface area contributed by atoms with Crippen molar-refractivity contribution < 1.29 is 4.21 Å². The summed E-state index contributed by atoms with van der Waals surface area (Å²) in [6.07, 6.45) is 0. The van der Waals surface area contributed by atoms with Crippen LogP contribution in [0.1, 0.15) is 49.0 Å². The summed E-state index contributed by atoms with van der Waals surface area (Å²) in [4.78, 5) is 0. The minimum Gasteiger partial charge on any atom is -0.258 e. The maximum Gasteiger partial charge on any atom is 0.0380 e. The van der Waals surface area contributed by atoms with Gasteiger partial charge in [0.15, 0.2) is 0 Å². The molecule has 0 bridgehead atoms. The predicted octanol–water partition coefficient (Wildman–Crippen LogP) is 2.97. The zero-order chi connectivity index (χ0) is 8.58. The van der Waals surface area contributed by atoms with E-state index in [0.29, 0.717) is 0 Å². The van der Waals surface area contributed by atoms with Crippen LogP contribution >= 0.6 is 0 Å². The summed E-state index contributed by atoms with van der Waals surface area (Å²) in [6.45, 7) is 12.0. The molecule has 0 aliphatic carbocycles. The molecule has 0 fully saturated rings. The quantitative estimate of drug-likeness (QED) is 0.557. The average molecular weight is 178 g/mol. The third kappa shape index (κ3) is 4.57. The molecule has 0 unspecified atom stereocenters. The van der Waals surface area contributed by atoms with Crippen LogP contribution in [0.5, 0.6) is 0 Å². The summed E-state index contributed by atoms with van der Waals surface area (Å²) in [5, 5.41) is 0. The third-order valence-electron chi connectivity index (χ3n) is 1.11. The monoisotopic (exact) mass is 178 g/mol. The molecule has 0 amide bonds. The Morgan fingerprint density at radius 3 is 1.00 bits per heavy atom. The first-order chi connectivity index (χ1) is 4.15. The molecule has 0 spiro atoms. The second kappa shape index (κ2) is 3.70. The standard InChI is InChI=1S/C8H18OS.CH4/c1-7(2,3)10(9)8(4,5)6;/h1-6H3;1H4. The van der Waals surface area contributed by atoms with Gasteiger partial charge in [-0.3, -0.25) is 4.21 Å². The zero-order valence-electron chi connectivity index (χ0n) is 7.82. The van der Waals surface area contributed by atoms with Crippen LogP contribution in [0.15, 0.2) is 0 Å². The SMILES string of the molecule is C.CC(C)(C)S(=O)C(C)(C)C. The molecule has 0 saturated carbocycles. The van der Waals surface area contributed by atoms with Gasteiger partial charge in [-0.15, -0.1) is 0 Å². The Balaban J connectivity index is 0. The molecule has 11 heavy (non-hydrogen) atoms. The van der Waals surface area contributed by atoms with Gasteiger partial charge in [-0.05, 0) is 41.5 Å². The molecule has 0 atom stereocenters. The Bertz CT molecular complexity index is 121. The number of rotatable bonds is 0. The summed E-state index contributed by atoms with van der Waals surface area (Å²) < 4.78 is 11.4. The van der Waals surface area contributed by atoms with Crippen LogP contribution in [-0.4, -0.2) is 13.7 Å². The van der Waals surface area contributed by atoms with E-state index in [1.54, 1.807) is 0 Å². The molecular weight excluding hydrogens is 156 g/mol. The van der Waals surface area contributed by atoms with Crippen molar-refractivity contribution in [2.24, 2.45) is 0 Å². The smallest absolute Gasteiger partial charge is 0.0380 e. The molecule has 0 aromatic carbocycles. The van der Waals surface area contributed by atoms with Crippen LogP contribution in [0.25, 0.3) is 0 Å². The maximum atomic E-state index is 11.6. The summed E-state index contributed by atoms with van der Waals surface area (Å²) >= 11 is 0. The molecule has 0 N–H and O–H groups in total. The average Bonchev–Trinajstić information content (AvgIpc) is 1.59. The highest BCUT2D eigenvalue weighted by Crippen LogP contribution is 2.23. The summed E-state index contributed by atoms with van der Waals surface area (Å²) in [5.41, 5.74) is 0. The lowest BCUT2D eigenvalue weighted by molar-refractivity contribution is 0.611. The highest BCUT2D eigenvalue weighted by molar-refractivity contribution is 7.87. The Hall–Kier alpha value is 0.150.